The van der Waals surface area contributed by atoms with Gasteiger partial charge in [-0.25, -0.2) is 9.59 Å². The average Bonchev–Trinajstić information content (AvgIpc) is 3.85. The number of hydrogen-bond donors (Lipinski definition) is 3. The Labute approximate surface area is 267 Å². The number of likely N-dealkylation sites (tertiary alicyclic amines) is 1. The van der Waals surface area contributed by atoms with E-state index >= 15 is 0 Å². The standard InChI is InChI=1S/C34H54N4O7/c1-17(2)24(30(43)45-34(8,9)20-12-13-20)36-31(44)37-27(32(3,4)5)29(42)38-16-21-23(33(21,6)7)25(38)22(39)15-19(14-18-10-11-18)26(40)28(35)41/h17-21,23-25,27H,10-16H2,1-9H3,(H2,35,41)(H2,36,37,44)/t19?,21-,23-,24-,25+,27+/m0/s1. The first kappa shape index (κ1) is 34.9. The summed E-state index contributed by atoms with van der Waals surface area (Å²) >= 11 is 0. The van der Waals surface area contributed by atoms with Gasteiger partial charge in [0.25, 0.3) is 5.91 Å². The maximum atomic E-state index is 14.3. The Hall–Kier alpha value is -2.98. The lowest BCUT2D eigenvalue weighted by Crippen LogP contribution is -2.61. The second-order valence-electron chi connectivity index (χ2n) is 16.6. The van der Waals surface area contributed by atoms with Crippen molar-refractivity contribution < 1.29 is 33.5 Å². The van der Waals surface area contributed by atoms with Crippen LogP contribution >= 0.6 is 0 Å². The van der Waals surface area contributed by atoms with Gasteiger partial charge in [0.2, 0.25) is 11.7 Å². The van der Waals surface area contributed by atoms with Crippen LogP contribution in [0.1, 0.15) is 101 Å². The number of amides is 4. The highest BCUT2D eigenvalue weighted by Crippen LogP contribution is 2.65. The molecule has 4 amide bonds. The zero-order valence-electron chi connectivity index (χ0n) is 28.5. The molecule has 11 heteroatoms. The lowest BCUT2D eigenvalue weighted by atomic mass is 9.84. The minimum atomic E-state index is -1.04. The summed E-state index contributed by atoms with van der Waals surface area (Å²) in [6, 6.07) is -3.36. The number of fused-ring (bicyclic) bond motifs is 1. The lowest BCUT2D eigenvalue weighted by Gasteiger charge is -2.38. The quantitative estimate of drug-likeness (QED) is 0.196. The number of nitrogens with two attached hydrogens (primary N) is 1. The molecule has 252 valence electrons. The number of primary amides is 1. The van der Waals surface area contributed by atoms with E-state index in [0.717, 1.165) is 25.7 Å². The number of ether oxygens (including phenoxy) is 1. The van der Waals surface area contributed by atoms with Gasteiger partial charge in [0, 0.05) is 18.9 Å². The summed E-state index contributed by atoms with van der Waals surface area (Å²) in [5, 5.41) is 5.55. The van der Waals surface area contributed by atoms with E-state index in [0.29, 0.717) is 24.8 Å². The maximum Gasteiger partial charge on any atom is 0.329 e. The van der Waals surface area contributed by atoms with Crippen LogP contribution in [0.5, 0.6) is 0 Å². The molecule has 0 aromatic carbocycles. The average molecular weight is 631 g/mol. The van der Waals surface area contributed by atoms with E-state index in [9.17, 15) is 28.8 Å². The third-order valence-electron chi connectivity index (χ3n) is 10.7. The number of rotatable bonds is 14. The number of urea groups is 1. The highest BCUT2D eigenvalue weighted by molar-refractivity contribution is 6.36. The molecule has 0 bridgehead atoms. The molecule has 0 spiro atoms. The highest BCUT2D eigenvalue weighted by Gasteiger charge is 2.69. The maximum absolute atomic E-state index is 14.3. The van der Waals surface area contributed by atoms with E-state index in [2.05, 4.69) is 24.5 Å². The molecule has 1 heterocycles. The normalized spacial score (nSPS) is 25.9. The molecule has 45 heavy (non-hydrogen) atoms. The van der Waals surface area contributed by atoms with Crippen molar-refractivity contribution >= 4 is 35.4 Å². The fourth-order valence-electron chi connectivity index (χ4n) is 7.30. The molecular formula is C34H54N4O7. The van der Waals surface area contributed by atoms with Gasteiger partial charge in [-0.1, -0.05) is 61.3 Å². The van der Waals surface area contributed by atoms with Crippen LogP contribution in [0.2, 0.25) is 0 Å². The van der Waals surface area contributed by atoms with Crippen molar-refractivity contribution in [3.8, 4) is 0 Å². The molecule has 4 aliphatic rings. The molecule has 1 saturated heterocycles. The molecule has 1 aliphatic heterocycles. The van der Waals surface area contributed by atoms with Crippen LogP contribution < -0.4 is 16.4 Å². The third kappa shape index (κ3) is 7.71. The van der Waals surface area contributed by atoms with Crippen LogP contribution in [-0.4, -0.2) is 70.6 Å². The second kappa shape index (κ2) is 12.3. The largest absolute Gasteiger partial charge is 0.458 e. The van der Waals surface area contributed by atoms with Gasteiger partial charge >= 0.3 is 12.0 Å². The number of esters is 1. The van der Waals surface area contributed by atoms with Crippen LogP contribution in [0.15, 0.2) is 0 Å². The van der Waals surface area contributed by atoms with E-state index in [4.69, 9.17) is 10.5 Å². The van der Waals surface area contributed by atoms with Crippen molar-refractivity contribution in [1.82, 2.24) is 15.5 Å². The summed E-state index contributed by atoms with van der Waals surface area (Å²) in [5.74, 6) is -3.36. The summed E-state index contributed by atoms with van der Waals surface area (Å²) in [5.41, 5.74) is 3.81. The second-order valence-corrected chi connectivity index (χ2v) is 16.6. The summed E-state index contributed by atoms with van der Waals surface area (Å²) in [6.07, 6.45) is 4.20. The number of nitrogens with one attached hydrogen (secondary N) is 2. The Kier molecular flexibility index (Phi) is 9.55. The fourth-order valence-corrected chi connectivity index (χ4v) is 7.30. The summed E-state index contributed by atoms with van der Waals surface area (Å²) in [6.45, 7) is 17.4. The third-order valence-corrected chi connectivity index (χ3v) is 10.7. The Morgan fingerprint density at radius 1 is 0.956 bits per heavy atom. The van der Waals surface area contributed by atoms with Crippen molar-refractivity contribution in [2.75, 3.05) is 6.54 Å². The first-order valence-electron chi connectivity index (χ1n) is 16.6. The monoisotopic (exact) mass is 630 g/mol. The zero-order valence-corrected chi connectivity index (χ0v) is 28.5. The van der Waals surface area contributed by atoms with Crippen LogP contribution in [0.25, 0.3) is 0 Å². The molecule has 11 nitrogen and oxygen atoms in total. The van der Waals surface area contributed by atoms with Crippen molar-refractivity contribution in [1.29, 1.82) is 0 Å². The van der Waals surface area contributed by atoms with Gasteiger partial charge in [0.1, 0.15) is 17.7 Å². The molecular weight excluding hydrogens is 576 g/mol. The highest BCUT2D eigenvalue weighted by atomic mass is 16.6. The van der Waals surface area contributed by atoms with E-state index in [-0.39, 0.29) is 35.4 Å². The minimum absolute atomic E-state index is 0.0800. The first-order chi connectivity index (χ1) is 20.7. The van der Waals surface area contributed by atoms with Gasteiger partial charge in [-0.3, -0.25) is 19.2 Å². The number of piperidine rings is 1. The number of nitrogens with zero attached hydrogens (tertiary/aromatic N) is 1. The Bertz CT molecular complexity index is 1230. The molecule has 3 saturated carbocycles. The van der Waals surface area contributed by atoms with Gasteiger partial charge in [0.05, 0.1) is 6.04 Å². The predicted molar refractivity (Wildman–Crippen MR) is 167 cm³/mol. The first-order valence-corrected chi connectivity index (χ1v) is 16.6. The van der Waals surface area contributed by atoms with Gasteiger partial charge in [-0.05, 0) is 73.5 Å². The van der Waals surface area contributed by atoms with Gasteiger partial charge in [0.15, 0.2) is 5.78 Å². The molecule has 3 aliphatic carbocycles. The smallest absolute Gasteiger partial charge is 0.329 e. The SMILES string of the molecule is CC(C)[C@H](NC(=O)N[C@H](C(=O)N1C[C@H]2[C@@H]([C@H]1C(=O)CC(CC1CC1)C(=O)C(N)=O)C2(C)C)C(C)(C)C)C(=O)OC(C)(C)C1CC1. The number of ketones is 2. The number of carbonyl (C=O) groups excluding carboxylic acids is 6. The van der Waals surface area contributed by atoms with Gasteiger partial charge in [-0.2, -0.15) is 0 Å². The summed E-state index contributed by atoms with van der Waals surface area (Å²) < 4.78 is 5.81. The number of hydrogen-bond acceptors (Lipinski definition) is 7. The molecule has 1 unspecified atom stereocenters. The Balaban J connectivity index is 1.50. The molecule has 0 radical (unpaired) electrons. The summed E-state index contributed by atoms with van der Waals surface area (Å²) in [4.78, 5) is 80.7. The molecule has 4 N–H and O–H groups in total. The van der Waals surface area contributed by atoms with Crippen LogP contribution in [0.4, 0.5) is 4.79 Å². The van der Waals surface area contributed by atoms with Crippen molar-refractivity contribution in [3.05, 3.63) is 0 Å². The Morgan fingerprint density at radius 3 is 2.04 bits per heavy atom. The van der Waals surface area contributed by atoms with Crippen LogP contribution in [-0.2, 0) is 28.7 Å². The van der Waals surface area contributed by atoms with Gasteiger partial charge < -0.3 is 26.0 Å². The fraction of sp³-hybridized carbons (Fsp3) is 0.824. The van der Waals surface area contributed by atoms with E-state index < -0.39 is 64.7 Å². The van der Waals surface area contributed by atoms with Crippen LogP contribution in [0, 0.1) is 46.3 Å². The molecule has 0 aromatic rings. The topological polar surface area (TPSA) is 165 Å². The van der Waals surface area contributed by atoms with Crippen molar-refractivity contribution in [3.63, 3.8) is 0 Å². The molecule has 0 aromatic heterocycles. The minimum Gasteiger partial charge on any atom is -0.458 e. The number of carbonyl (C=O) groups is 6. The molecule has 4 rings (SSSR count). The molecule has 4 fully saturated rings. The molecule has 6 atom stereocenters. The van der Waals surface area contributed by atoms with E-state index in [1.807, 2.05) is 48.5 Å². The van der Waals surface area contributed by atoms with Crippen LogP contribution in [0.3, 0.4) is 0 Å². The number of Topliss-reactive ketones (excluding diaryl/α,β-unsaturated/α-hetero) is 2. The van der Waals surface area contributed by atoms with Gasteiger partial charge in [-0.15, -0.1) is 0 Å². The van der Waals surface area contributed by atoms with E-state index in [1.54, 1.807) is 4.90 Å². The van der Waals surface area contributed by atoms with E-state index in [1.165, 1.54) is 0 Å². The predicted octanol–water partition coefficient (Wildman–Crippen LogP) is 3.37. The Morgan fingerprint density at radius 2 is 1.56 bits per heavy atom. The summed E-state index contributed by atoms with van der Waals surface area (Å²) in [7, 11) is 0. The van der Waals surface area contributed by atoms with Crippen molar-refractivity contribution in [2.45, 2.75) is 125 Å². The van der Waals surface area contributed by atoms with Crippen molar-refractivity contribution in [2.24, 2.45) is 52.1 Å². The zero-order chi connectivity index (χ0) is 33.8. The lowest BCUT2D eigenvalue weighted by molar-refractivity contribution is -0.162.